The lowest BCUT2D eigenvalue weighted by Gasteiger charge is -2.08. The van der Waals surface area contributed by atoms with Gasteiger partial charge in [-0.1, -0.05) is 127 Å². The van der Waals surface area contributed by atoms with Crippen LogP contribution < -0.4 is 0 Å². The fraction of sp³-hybridized carbons (Fsp3) is 0. The van der Waals surface area contributed by atoms with Gasteiger partial charge in [0.2, 0.25) is 0 Å². The Morgan fingerprint density at radius 1 is 0.239 bits per heavy atom. The molecule has 0 aliphatic carbocycles. The van der Waals surface area contributed by atoms with Gasteiger partial charge in [0.15, 0.2) is 0 Å². The summed E-state index contributed by atoms with van der Waals surface area (Å²) < 4.78 is 1.33. The van der Waals surface area contributed by atoms with Crippen molar-refractivity contribution >= 4 is 56.6 Å². The molecule has 3 heterocycles. The number of hydrogen-bond donors (Lipinski definition) is 0. The fourth-order valence-corrected chi connectivity index (χ4v) is 9.52. The van der Waals surface area contributed by atoms with E-state index in [0.717, 1.165) is 0 Å². The molecule has 0 unspecified atom stereocenters. The van der Waals surface area contributed by atoms with Gasteiger partial charge >= 0.3 is 0 Å². The monoisotopic (exact) mass is 754 g/mol. The van der Waals surface area contributed by atoms with E-state index >= 15 is 0 Å². The Balaban J connectivity index is 0.939. The minimum absolute atomic E-state index is 1.23. The molecular formula is C42H27IS3. The molecule has 5 aromatic carbocycles. The Kier molecular flexibility index (Phi) is 8.27. The Morgan fingerprint density at radius 3 is 0.891 bits per heavy atom. The predicted molar refractivity (Wildman–Crippen MR) is 211 cm³/mol. The number of halogens is 1. The zero-order chi connectivity index (χ0) is 30.9. The van der Waals surface area contributed by atoms with Crippen LogP contribution in [0.4, 0.5) is 0 Å². The van der Waals surface area contributed by atoms with Crippen LogP contribution in [0.1, 0.15) is 0 Å². The molecule has 46 heavy (non-hydrogen) atoms. The van der Waals surface area contributed by atoms with Crippen LogP contribution in [0.2, 0.25) is 0 Å². The van der Waals surface area contributed by atoms with Crippen molar-refractivity contribution in [3.05, 3.63) is 167 Å². The summed E-state index contributed by atoms with van der Waals surface area (Å²) in [5.74, 6) is 0. The van der Waals surface area contributed by atoms with Crippen LogP contribution in [0, 0.1) is 2.88 Å². The summed E-state index contributed by atoms with van der Waals surface area (Å²) in [6.07, 6.45) is 0. The Morgan fingerprint density at radius 2 is 0.522 bits per heavy atom. The molecule has 8 rings (SSSR count). The topological polar surface area (TPSA) is 0 Å². The van der Waals surface area contributed by atoms with Gasteiger partial charge in [0.25, 0.3) is 0 Å². The maximum Gasteiger partial charge on any atom is 0.0660 e. The van der Waals surface area contributed by atoms with Crippen molar-refractivity contribution in [3.63, 3.8) is 0 Å². The number of hydrogen-bond acceptors (Lipinski definition) is 3. The molecule has 8 aromatic rings. The molecule has 0 aliphatic heterocycles. The van der Waals surface area contributed by atoms with Gasteiger partial charge in [-0.15, -0.1) is 34.0 Å². The lowest BCUT2D eigenvalue weighted by Crippen LogP contribution is -1.83. The molecule has 0 saturated carbocycles. The predicted octanol–water partition coefficient (Wildman–Crippen LogP) is 14.1. The summed E-state index contributed by atoms with van der Waals surface area (Å²) in [5.41, 5.74) is 11.1. The number of rotatable bonds is 7. The van der Waals surface area contributed by atoms with E-state index in [0.29, 0.717) is 0 Å². The van der Waals surface area contributed by atoms with Crippen LogP contribution in [0.25, 0.3) is 74.5 Å². The van der Waals surface area contributed by atoms with Gasteiger partial charge in [0.05, 0.1) is 2.88 Å². The molecule has 4 heteroatoms. The first kappa shape index (κ1) is 29.3. The molecule has 0 radical (unpaired) electrons. The van der Waals surface area contributed by atoms with E-state index in [1.807, 2.05) is 34.0 Å². The van der Waals surface area contributed by atoms with Gasteiger partial charge < -0.3 is 0 Å². The summed E-state index contributed by atoms with van der Waals surface area (Å²) in [7, 11) is 0. The van der Waals surface area contributed by atoms with Crippen molar-refractivity contribution in [1.82, 2.24) is 0 Å². The molecule has 0 aliphatic rings. The first-order chi connectivity index (χ1) is 22.7. The van der Waals surface area contributed by atoms with Crippen molar-refractivity contribution in [2.45, 2.75) is 0 Å². The minimum atomic E-state index is 1.23. The molecule has 0 fully saturated rings. The van der Waals surface area contributed by atoms with Gasteiger partial charge in [0, 0.05) is 24.4 Å². The smallest absolute Gasteiger partial charge is 0.0660 e. The molecule has 0 bridgehead atoms. The molecule has 0 spiro atoms. The van der Waals surface area contributed by atoms with Crippen LogP contribution >= 0.6 is 56.6 Å². The van der Waals surface area contributed by atoms with Crippen molar-refractivity contribution < 1.29 is 0 Å². The van der Waals surface area contributed by atoms with Crippen LogP contribution in [0.3, 0.4) is 0 Å². The van der Waals surface area contributed by atoms with Crippen molar-refractivity contribution in [3.8, 4) is 74.5 Å². The molecule has 0 N–H and O–H groups in total. The highest BCUT2D eigenvalue weighted by Crippen LogP contribution is 2.42. The van der Waals surface area contributed by atoms with E-state index in [1.165, 1.54) is 77.3 Å². The van der Waals surface area contributed by atoms with E-state index < -0.39 is 0 Å². The maximum atomic E-state index is 2.39. The molecule has 0 nitrogen and oxygen atoms in total. The van der Waals surface area contributed by atoms with E-state index in [-0.39, 0.29) is 0 Å². The van der Waals surface area contributed by atoms with Crippen LogP contribution in [0.5, 0.6) is 0 Å². The molecule has 0 atom stereocenters. The van der Waals surface area contributed by atoms with Crippen molar-refractivity contribution in [2.24, 2.45) is 0 Å². The first-order valence-electron chi connectivity index (χ1n) is 15.1. The van der Waals surface area contributed by atoms with E-state index in [4.69, 9.17) is 0 Å². The van der Waals surface area contributed by atoms with Gasteiger partial charge in [-0.2, -0.15) is 0 Å². The molecule has 3 aromatic heterocycles. The second kappa shape index (κ2) is 13.0. The van der Waals surface area contributed by atoms with Crippen LogP contribution in [-0.4, -0.2) is 0 Å². The van der Waals surface area contributed by atoms with Crippen LogP contribution in [-0.2, 0) is 0 Å². The summed E-state index contributed by atoms with van der Waals surface area (Å²) in [4.78, 5) is 6.65. The Bertz CT molecular complexity index is 2220. The average Bonchev–Trinajstić information content (AvgIpc) is 3.91. The highest BCUT2D eigenvalue weighted by atomic mass is 127. The third-order valence-corrected chi connectivity index (χ3v) is 12.7. The highest BCUT2D eigenvalue weighted by molar-refractivity contribution is 14.1. The van der Waals surface area contributed by atoms with Gasteiger partial charge in [-0.3, -0.25) is 0 Å². The van der Waals surface area contributed by atoms with Gasteiger partial charge in [-0.05, 0) is 109 Å². The third-order valence-electron chi connectivity index (χ3n) is 8.20. The lowest BCUT2D eigenvalue weighted by molar-refractivity contribution is 1.57. The first-order valence-corrected chi connectivity index (χ1v) is 18.6. The standard InChI is InChI=1S/C42H27IS3/c43-42-27-26-41(46-42)40-25-24-39(45-40)38-23-22-37(44-38)36-20-18-35(19-21-36)34-16-14-33(15-17-34)32-12-10-31(11-13-32)30-8-6-29(7-9-30)28-4-2-1-3-5-28/h1-27H. The largest absolute Gasteiger partial charge is 0.134 e. The summed E-state index contributed by atoms with van der Waals surface area (Å²) in [6.45, 7) is 0. The number of thiophene rings is 3. The average molecular weight is 755 g/mol. The van der Waals surface area contributed by atoms with Crippen LogP contribution in [0.15, 0.2) is 164 Å². The quantitative estimate of drug-likeness (QED) is 0.142. The molecule has 0 saturated heterocycles. The zero-order valence-electron chi connectivity index (χ0n) is 24.7. The van der Waals surface area contributed by atoms with Crippen molar-refractivity contribution in [1.29, 1.82) is 0 Å². The minimum Gasteiger partial charge on any atom is -0.134 e. The van der Waals surface area contributed by atoms with E-state index in [1.54, 1.807) is 0 Å². The summed E-state index contributed by atoms with van der Waals surface area (Å²) >= 11 is 7.99. The summed E-state index contributed by atoms with van der Waals surface area (Å²) in [5, 5.41) is 0. The highest BCUT2D eigenvalue weighted by Gasteiger charge is 2.11. The molecule has 0 amide bonds. The van der Waals surface area contributed by atoms with Crippen molar-refractivity contribution in [2.75, 3.05) is 0 Å². The SMILES string of the molecule is Ic1ccc(-c2ccc(-c3ccc(-c4ccc(-c5ccc(-c6ccc(-c7ccc(-c8ccccc8)cc7)cc6)cc5)cc4)s3)s2)s1. The Labute approximate surface area is 295 Å². The summed E-state index contributed by atoms with van der Waals surface area (Å²) in [6, 6.07) is 59.5. The Hall–Kier alpha value is -4.07. The normalized spacial score (nSPS) is 11.2. The maximum absolute atomic E-state index is 2.39. The lowest BCUT2D eigenvalue weighted by atomic mass is 9.97. The second-order valence-electron chi connectivity index (χ2n) is 11.1. The second-order valence-corrected chi connectivity index (χ2v) is 16.3. The van der Waals surface area contributed by atoms with E-state index in [2.05, 4.69) is 186 Å². The third kappa shape index (κ3) is 6.18. The fourth-order valence-electron chi connectivity index (χ4n) is 5.70. The van der Waals surface area contributed by atoms with E-state index in [9.17, 15) is 0 Å². The molecule has 220 valence electrons. The molecular weight excluding hydrogens is 728 g/mol. The number of benzene rings is 5. The van der Waals surface area contributed by atoms with Gasteiger partial charge in [0.1, 0.15) is 0 Å². The van der Waals surface area contributed by atoms with Gasteiger partial charge in [-0.25, -0.2) is 0 Å². The zero-order valence-corrected chi connectivity index (χ0v) is 29.3.